The van der Waals surface area contributed by atoms with Gasteiger partial charge in [0.25, 0.3) is 11.8 Å². The molecule has 5 heteroatoms. The van der Waals surface area contributed by atoms with Crippen LogP contribution in [0.15, 0.2) is 60.7 Å². The van der Waals surface area contributed by atoms with Crippen molar-refractivity contribution in [1.29, 1.82) is 0 Å². The summed E-state index contributed by atoms with van der Waals surface area (Å²) in [4.78, 5) is 25.8. The molecule has 0 heterocycles. The lowest BCUT2D eigenvalue weighted by Gasteiger charge is -2.19. The SMILES string of the molecule is Cc1cccc(NC(=O)C[NH+](C)CC(=O)N[C@@H](C)c2cccc3ccccc23)c1C. The van der Waals surface area contributed by atoms with E-state index in [4.69, 9.17) is 0 Å². The molecule has 0 fully saturated rings. The van der Waals surface area contributed by atoms with Crippen molar-refractivity contribution in [2.75, 3.05) is 25.5 Å². The Labute approximate surface area is 178 Å². The van der Waals surface area contributed by atoms with Crippen LogP contribution < -0.4 is 15.5 Å². The number of hydrogen-bond donors (Lipinski definition) is 3. The number of hydrogen-bond acceptors (Lipinski definition) is 2. The molecular formula is C25H30N3O2+. The van der Waals surface area contributed by atoms with Crippen LogP contribution in [0.3, 0.4) is 0 Å². The van der Waals surface area contributed by atoms with Crippen molar-refractivity contribution < 1.29 is 14.5 Å². The highest BCUT2D eigenvalue weighted by Gasteiger charge is 2.18. The smallest absolute Gasteiger partial charge is 0.279 e. The van der Waals surface area contributed by atoms with Crippen LogP contribution in [0.25, 0.3) is 10.8 Å². The van der Waals surface area contributed by atoms with Crippen molar-refractivity contribution in [3.8, 4) is 0 Å². The van der Waals surface area contributed by atoms with Crippen LogP contribution in [0.2, 0.25) is 0 Å². The first-order valence-corrected chi connectivity index (χ1v) is 10.3. The number of fused-ring (bicyclic) bond motifs is 1. The first-order chi connectivity index (χ1) is 14.3. The van der Waals surface area contributed by atoms with Crippen LogP contribution in [-0.2, 0) is 9.59 Å². The number of benzene rings is 3. The molecule has 5 nitrogen and oxygen atoms in total. The number of aryl methyl sites for hydroxylation is 1. The standard InChI is InChI=1S/C25H29N3O2/c1-17-9-7-14-23(18(17)2)27-25(30)16-28(4)15-24(29)26-19(3)21-13-8-11-20-10-5-6-12-22(20)21/h5-14,19H,15-16H2,1-4H3,(H,26,29)(H,27,30)/p+1/t19-/m0/s1. The van der Waals surface area contributed by atoms with Gasteiger partial charge in [-0.2, -0.15) is 0 Å². The van der Waals surface area contributed by atoms with Gasteiger partial charge in [-0.05, 0) is 54.3 Å². The maximum atomic E-state index is 12.5. The van der Waals surface area contributed by atoms with E-state index in [1.807, 2.05) is 70.3 Å². The van der Waals surface area contributed by atoms with E-state index in [0.29, 0.717) is 0 Å². The Kier molecular flexibility index (Phi) is 6.85. The third kappa shape index (κ3) is 5.24. The number of anilines is 1. The third-order valence-corrected chi connectivity index (χ3v) is 5.47. The van der Waals surface area contributed by atoms with Crippen molar-refractivity contribution in [2.45, 2.75) is 26.8 Å². The van der Waals surface area contributed by atoms with Gasteiger partial charge in [0, 0.05) is 5.69 Å². The van der Waals surface area contributed by atoms with Gasteiger partial charge in [-0.1, -0.05) is 54.6 Å². The van der Waals surface area contributed by atoms with Gasteiger partial charge in [-0.15, -0.1) is 0 Å². The molecule has 3 N–H and O–H groups in total. The zero-order valence-electron chi connectivity index (χ0n) is 18.1. The molecule has 3 aromatic carbocycles. The van der Waals surface area contributed by atoms with Gasteiger partial charge in [0.2, 0.25) is 0 Å². The molecule has 0 spiro atoms. The highest BCUT2D eigenvalue weighted by atomic mass is 16.2. The van der Waals surface area contributed by atoms with Crippen LogP contribution in [-0.4, -0.2) is 32.0 Å². The van der Waals surface area contributed by atoms with Gasteiger partial charge in [0.05, 0.1) is 13.1 Å². The maximum absolute atomic E-state index is 12.5. The Morgan fingerprint density at radius 3 is 2.37 bits per heavy atom. The molecule has 2 amide bonds. The molecule has 0 saturated heterocycles. The molecule has 30 heavy (non-hydrogen) atoms. The van der Waals surface area contributed by atoms with Gasteiger partial charge in [0.15, 0.2) is 13.1 Å². The number of carbonyl (C=O) groups is 2. The average Bonchev–Trinajstić information content (AvgIpc) is 2.70. The molecule has 0 aromatic heterocycles. The van der Waals surface area contributed by atoms with Crippen molar-refractivity contribution in [3.63, 3.8) is 0 Å². The Hall–Kier alpha value is -3.18. The van der Waals surface area contributed by atoms with Crippen molar-refractivity contribution in [3.05, 3.63) is 77.4 Å². The Morgan fingerprint density at radius 2 is 1.57 bits per heavy atom. The number of rotatable bonds is 7. The van der Waals surface area contributed by atoms with Crippen LogP contribution >= 0.6 is 0 Å². The minimum atomic E-state index is -0.111. The van der Waals surface area contributed by atoms with E-state index in [9.17, 15) is 9.59 Å². The topological polar surface area (TPSA) is 62.6 Å². The molecule has 0 radical (unpaired) electrons. The first-order valence-electron chi connectivity index (χ1n) is 10.3. The van der Waals surface area contributed by atoms with Crippen molar-refractivity contribution in [1.82, 2.24) is 5.32 Å². The number of nitrogens with one attached hydrogen (secondary N) is 3. The molecule has 3 aromatic rings. The monoisotopic (exact) mass is 404 g/mol. The summed E-state index contributed by atoms with van der Waals surface area (Å²) < 4.78 is 0. The fraction of sp³-hybridized carbons (Fsp3) is 0.280. The fourth-order valence-corrected chi connectivity index (χ4v) is 3.69. The summed E-state index contributed by atoms with van der Waals surface area (Å²) >= 11 is 0. The molecule has 1 unspecified atom stereocenters. The van der Waals surface area contributed by atoms with Crippen molar-refractivity contribution in [2.24, 2.45) is 0 Å². The molecule has 2 atom stereocenters. The quantitative estimate of drug-likeness (QED) is 0.567. The Balaban J connectivity index is 1.55. The molecule has 0 aliphatic heterocycles. The zero-order chi connectivity index (χ0) is 21.7. The van der Waals surface area contributed by atoms with E-state index < -0.39 is 0 Å². The number of quaternary nitrogens is 1. The van der Waals surface area contributed by atoms with Crippen LogP contribution in [0.4, 0.5) is 5.69 Å². The highest BCUT2D eigenvalue weighted by molar-refractivity contribution is 5.92. The number of amides is 2. The highest BCUT2D eigenvalue weighted by Crippen LogP contribution is 2.23. The summed E-state index contributed by atoms with van der Waals surface area (Å²) in [6, 6.07) is 20.0. The van der Waals surface area contributed by atoms with Crippen LogP contribution in [0.1, 0.15) is 29.7 Å². The van der Waals surface area contributed by atoms with Gasteiger partial charge >= 0.3 is 0 Å². The lowest BCUT2D eigenvalue weighted by atomic mass is 10.00. The van der Waals surface area contributed by atoms with Gasteiger partial charge in [-0.3, -0.25) is 9.59 Å². The Morgan fingerprint density at radius 1 is 0.900 bits per heavy atom. The largest absolute Gasteiger partial charge is 0.345 e. The lowest BCUT2D eigenvalue weighted by Crippen LogP contribution is -3.11. The van der Waals surface area contributed by atoms with E-state index in [1.165, 1.54) is 0 Å². The van der Waals surface area contributed by atoms with Crippen molar-refractivity contribution >= 4 is 28.3 Å². The predicted octanol–water partition coefficient (Wildman–Crippen LogP) is 2.79. The maximum Gasteiger partial charge on any atom is 0.279 e. The molecule has 3 rings (SSSR count). The summed E-state index contributed by atoms with van der Waals surface area (Å²) in [6.45, 7) is 6.45. The van der Waals surface area contributed by atoms with E-state index in [1.54, 1.807) is 0 Å². The summed E-state index contributed by atoms with van der Waals surface area (Å²) in [5, 5.41) is 8.31. The van der Waals surface area contributed by atoms with E-state index in [2.05, 4.69) is 28.8 Å². The van der Waals surface area contributed by atoms with Gasteiger partial charge in [0.1, 0.15) is 0 Å². The van der Waals surface area contributed by atoms with E-state index >= 15 is 0 Å². The molecular weight excluding hydrogens is 374 g/mol. The summed E-state index contributed by atoms with van der Waals surface area (Å²) in [5.41, 5.74) is 4.11. The average molecular weight is 405 g/mol. The summed E-state index contributed by atoms with van der Waals surface area (Å²) in [6.07, 6.45) is 0. The normalized spacial score (nSPS) is 12.9. The van der Waals surface area contributed by atoms with Gasteiger partial charge < -0.3 is 15.5 Å². The number of carbonyl (C=O) groups excluding carboxylic acids is 2. The second-order valence-corrected chi connectivity index (χ2v) is 7.96. The van der Waals surface area contributed by atoms with E-state index in [-0.39, 0.29) is 30.9 Å². The second-order valence-electron chi connectivity index (χ2n) is 7.96. The van der Waals surface area contributed by atoms with Crippen LogP contribution in [0.5, 0.6) is 0 Å². The zero-order valence-corrected chi connectivity index (χ0v) is 18.1. The third-order valence-electron chi connectivity index (χ3n) is 5.47. The van der Waals surface area contributed by atoms with Gasteiger partial charge in [-0.25, -0.2) is 0 Å². The molecule has 156 valence electrons. The van der Waals surface area contributed by atoms with Crippen LogP contribution in [0, 0.1) is 13.8 Å². The molecule has 0 aliphatic rings. The summed E-state index contributed by atoms with van der Waals surface area (Å²) in [5.74, 6) is -0.177. The predicted molar refractivity (Wildman–Crippen MR) is 122 cm³/mol. The molecule has 0 saturated carbocycles. The number of likely N-dealkylation sites (N-methyl/N-ethyl adjacent to an activating group) is 1. The minimum absolute atomic E-state index is 0.0764. The summed E-state index contributed by atoms with van der Waals surface area (Å²) in [7, 11) is 1.85. The molecule has 0 bridgehead atoms. The first kappa shape index (κ1) is 21.5. The molecule has 0 aliphatic carbocycles. The minimum Gasteiger partial charge on any atom is -0.345 e. The second kappa shape index (κ2) is 9.55. The Bertz CT molecular complexity index is 1060. The van der Waals surface area contributed by atoms with E-state index in [0.717, 1.165) is 38.1 Å². The lowest BCUT2D eigenvalue weighted by molar-refractivity contribution is -0.862. The fourth-order valence-electron chi connectivity index (χ4n) is 3.69.